The monoisotopic (exact) mass is 247 g/mol. The zero-order chi connectivity index (χ0) is 12.7. The molecule has 3 aliphatic rings. The fraction of sp³-hybridized carbons (Fsp3) is 0.417. The van der Waals surface area contributed by atoms with E-state index in [-0.39, 0.29) is 18.5 Å². The van der Waals surface area contributed by atoms with E-state index < -0.39 is 12.2 Å². The molecule has 0 spiro atoms. The summed E-state index contributed by atoms with van der Waals surface area (Å²) in [7, 11) is 0. The number of rotatable bonds is 2. The topological polar surface area (TPSA) is 98.3 Å². The average Bonchev–Trinajstić information content (AvgIpc) is 2.93. The standard InChI is InChI=1S/C12H13N3O3/c13-12-7-2-1-6(11(7)14-5-15-12)9-3-8(17)10(4-16)18-9/h1-2,5,8-10,13,16-17H,3-4H2/t8-,9+,10+/m0/s1. The van der Waals surface area contributed by atoms with Gasteiger partial charge in [-0.15, -0.1) is 0 Å². The van der Waals surface area contributed by atoms with Crippen LogP contribution in [0.25, 0.3) is 0 Å². The zero-order valence-electron chi connectivity index (χ0n) is 9.58. The summed E-state index contributed by atoms with van der Waals surface area (Å²) in [6, 6.07) is 0. The van der Waals surface area contributed by atoms with Crippen molar-refractivity contribution in [3.05, 3.63) is 23.3 Å². The molecule has 0 bridgehead atoms. The fourth-order valence-corrected chi connectivity index (χ4v) is 2.39. The number of ether oxygens (including phenoxy) is 1. The summed E-state index contributed by atoms with van der Waals surface area (Å²) in [6.45, 7) is -0.199. The van der Waals surface area contributed by atoms with Crippen molar-refractivity contribution in [2.75, 3.05) is 6.61 Å². The number of nitrogens with one attached hydrogen (secondary N) is 1. The predicted molar refractivity (Wildman–Crippen MR) is 66.2 cm³/mol. The zero-order valence-corrected chi connectivity index (χ0v) is 9.58. The molecule has 6 nitrogen and oxygen atoms in total. The second-order valence-electron chi connectivity index (χ2n) is 4.42. The van der Waals surface area contributed by atoms with Crippen molar-refractivity contribution in [2.24, 2.45) is 9.98 Å². The summed E-state index contributed by atoms with van der Waals surface area (Å²) >= 11 is 0. The lowest BCUT2D eigenvalue weighted by atomic mass is 9.99. The molecule has 0 radical (unpaired) electrons. The third-order valence-corrected chi connectivity index (χ3v) is 3.34. The van der Waals surface area contributed by atoms with E-state index in [4.69, 9.17) is 15.3 Å². The van der Waals surface area contributed by atoms with Gasteiger partial charge in [-0.1, -0.05) is 6.08 Å². The molecule has 3 rings (SSSR count). The minimum Gasteiger partial charge on any atom is -0.394 e. The summed E-state index contributed by atoms with van der Waals surface area (Å²) in [5, 5.41) is 26.5. The fourth-order valence-electron chi connectivity index (χ4n) is 2.39. The van der Waals surface area contributed by atoms with Gasteiger partial charge < -0.3 is 14.9 Å². The summed E-state index contributed by atoms with van der Waals surface area (Å²) in [6.07, 6.45) is 3.91. The molecule has 0 amide bonds. The van der Waals surface area contributed by atoms with Gasteiger partial charge in [0.15, 0.2) is 5.84 Å². The van der Waals surface area contributed by atoms with Crippen LogP contribution in [0.15, 0.2) is 33.3 Å². The van der Waals surface area contributed by atoms with E-state index in [0.717, 1.165) is 5.57 Å². The van der Waals surface area contributed by atoms with Gasteiger partial charge >= 0.3 is 0 Å². The SMILES string of the molecule is N=C1N=CN=C2C1=CC=C2[C@H]1C[C@H](O)[C@@H](CO)O1. The summed E-state index contributed by atoms with van der Waals surface area (Å²) < 4.78 is 5.59. The Bertz CT molecular complexity index is 519. The van der Waals surface area contributed by atoms with Gasteiger partial charge in [0.25, 0.3) is 0 Å². The first-order valence-electron chi connectivity index (χ1n) is 5.77. The Balaban J connectivity index is 1.83. The third-order valence-electron chi connectivity index (χ3n) is 3.34. The highest BCUT2D eigenvalue weighted by molar-refractivity contribution is 6.34. The van der Waals surface area contributed by atoms with Crippen LogP contribution in [-0.2, 0) is 4.74 Å². The molecule has 94 valence electrons. The van der Waals surface area contributed by atoms with Crippen molar-refractivity contribution < 1.29 is 14.9 Å². The van der Waals surface area contributed by atoms with Crippen molar-refractivity contribution in [2.45, 2.75) is 24.7 Å². The molecule has 0 aromatic heterocycles. The predicted octanol–water partition coefficient (Wildman–Crippen LogP) is -0.176. The lowest BCUT2D eigenvalue weighted by Crippen LogP contribution is -2.25. The van der Waals surface area contributed by atoms with Crippen LogP contribution in [0.4, 0.5) is 0 Å². The second kappa shape index (κ2) is 4.24. The van der Waals surface area contributed by atoms with Gasteiger partial charge in [0.2, 0.25) is 0 Å². The lowest BCUT2D eigenvalue weighted by molar-refractivity contribution is -0.0118. The van der Waals surface area contributed by atoms with Gasteiger partial charge in [0.05, 0.1) is 24.5 Å². The minimum atomic E-state index is -0.665. The molecule has 3 atom stereocenters. The molecule has 0 aromatic carbocycles. The van der Waals surface area contributed by atoms with Crippen LogP contribution in [0.2, 0.25) is 0 Å². The Morgan fingerprint density at radius 3 is 3.00 bits per heavy atom. The maximum absolute atomic E-state index is 9.73. The smallest absolute Gasteiger partial charge is 0.155 e. The van der Waals surface area contributed by atoms with E-state index in [2.05, 4.69) is 9.98 Å². The van der Waals surface area contributed by atoms with Crippen LogP contribution in [0, 0.1) is 5.41 Å². The van der Waals surface area contributed by atoms with E-state index in [9.17, 15) is 5.11 Å². The van der Waals surface area contributed by atoms with Crippen molar-refractivity contribution in [1.29, 1.82) is 5.41 Å². The molecule has 2 aliphatic heterocycles. The van der Waals surface area contributed by atoms with E-state index in [0.29, 0.717) is 17.7 Å². The molecule has 0 saturated carbocycles. The molecule has 18 heavy (non-hydrogen) atoms. The quantitative estimate of drug-likeness (QED) is 0.631. The van der Waals surface area contributed by atoms with Gasteiger partial charge in [0, 0.05) is 17.6 Å². The van der Waals surface area contributed by atoms with Crippen molar-refractivity contribution in [3.8, 4) is 0 Å². The highest BCUT2D eigenvalue weighted by Crippen LogP contribution is 2.31. The summed E-state index contributed by atoms with van der Waals surface area (Å²) in [4.78, 5) is 7.99. The van der Waals surface area contributed by atoms with Crippen molar-refractivity contribution >= 4 is 17.9 Å². The molecule has 2 heterocycles. The van der Waals surface area contributed by atoms with Gasteiger partial charge in [-0.3, -0.25) is 5.41 Å². The largest absolute Gasteiger partial charge is 0.394 e. The maximum Gasteiger partial charge on any atom is 0.155 e. The normalized spacial score (nSPS) is 34.2. The maximum atomic E-state index is 9.73. The summed E-state index contributed by atoms with van der Waals surface area (Å²) in [5.74, 6) is 0.184. The number of amidine groups is 1. The van der Waals surface area contributed by atoms with Crippen LogP contribution < -0.4 is 0 Å². The Labute approximate surface area is 104 Å². The average molecular weight is 247 g/mol. The number of nitrogens with zero attached hydrogens (tertiary/aromatic N) is 2. The first kappa shape index (κ1) is 11.5. The number of hydrogen-bond donors (Lipinski definition) is 3. The third kappa shape index (κ3) is 1.66. The summed E-state index contributed by atoms with van der Waals surface area (Å²) in [5.41, 5.74) is 2.21. The number of aliphatic imine (C=N–C) groups is 2. The van der Waals surface area contributed by atoms with Gasteiger partial charge in [-0.2, -0.15) is 0 Å². The van der Waals surface area contributed by atoms with E-state index in [1.165, 1.54) is 6.34 Å². The van der Waals surface area contributed by atoms with Gasteiger partial charge in [-0.25, -0.2) is 9.98 Å². The van der Waals surface area contributed by atoms with Crippen LogP contribution in [0.1, 0.15) is 6.42 Å². The first-order valence-corrected chi connectivity index (χ1v) is 5.77. The first-order chi connectivity index (χ1) is 8.70. The van der Waals surface area contributed by atoms with Crippen molar-refractivity contribution in [1.82, 2.24) is 0 Å². The second-order valence-corrected chi connectivity index (χ2v) is 4.42. The van der Waals surface area contributed by atoms with Crippen LogP contribution >= 0.6 is 0 Å². The Hall–Kier alpha value is -1.63. The Kier molecular flexibility index (Phi) is 2.70. The molecule has 3 N–H and O–H groups in total. The van der Waals surface area contributed by atoms with E-state index in [1.54, 1.807) is 6.08 Å². The van der Waals surface area contributed by atoms with Crippen LogP contribution in [-0.4, -0.2) is 53.0 Å². The Morgan fingerprint density at radius 2 is 2.28 bits per heavy atom. The molecule has 1 aliphatic carbocycles. The van der Waals surface area contributed by atoms with Gasteiger partial charge in [0.1, 0.15) is 12.4 Å². The van der Waals surface area contributed by atoms with E-state index in [1.807, 2.05) is 6.08 Å². The number of allylic oxidation sites excluding steroid dienone is 2. The Morgan fingerprint density at radius 1 is 1.44 bits per heavy atom. The van der Waals surface area contributed by atoms with Crippen LogP contribution in [0.3, 0.4) is 0 Å². The van der Waals surface area contributed by atoms with Crippen LogP contribution in [0.5, 0.6) is 0 Å². The molecule has 1 saturated heterocycles. The number of hydrogen-bond acceptors (Lipinski definition) is 5. The lowest BCUT2D eigenvalue weighted by Gasteiger charge is -2.16. The molecule has 1 fully saturated rings. The number of fused-ring (bicyclic) bond motifs is 1. The van der Waals surface area contributed by atoms with Crippen molar-refractivity contribution in [3.63, 3.8) is 0 Å². The number of aliphatic hydroxyl groups excluding tert-OH is 2. The highest BCUT2D eigenvalue weighted by Gasteiger charge is 2.38. The minimum absolute atomic E-state index is 0.184. The highest BCUT2D eigenvalue weighted by atomic mass is 16.5. The molecule has 0 unspecified atom stereocenters. The molecule has 0 aromatic rings. The molecular weight excluding hydrogens is 234 g/mol. The van der Waals surface area contributed by atoms with Gasteiger partial charge in [-0.05, 0) is 6.08 Å². The number of aliphatic hydroxyl groups is 2. The molecule has 6 heteroatoms. The van der Waals surface area contributed by atoms with E-state index >= 15 is 0 Å². The molecular formula is C12H13N3O3.